The molecule has 2 amide bonds. The summed E-state index contributed by atoms with van der Waals surface area (Å²) in [6.07, 6.45) is 4.82. The normalized spacial score (nSPS) is 30.3. The highest BCUT2D eigenvalue weighted by Crippen LogP contribution is 2.21. The standard InChI is InChI=1S/C16H28N2O3/c1-11(2)16(21)18-9-3-4-12(10-18)15(20)17-13-5-7-14(19)8-6-13/h11-14,19H,3-10H2,1-2H3,(H,17,20). The van der Waals surface area contributed by atoms with E-state index in [0.29, 0.717) is 6.54 Å². The summed E-state index contributed by atoms with van der Waals surface area (Å²) in [5, 5.41) is 12.6. The van der Waals surface area contributed by atoms with Crippen LogP contribution in [0.15, 0.2) is 0 Å². The SMILES string of the molecule is CC(C)C(=O)N1CCCC(C(=O)NC2CCC(O)CC2)C1. The second kappa shape index (κ2) is 7.25. The van der Waals surface area contributed by atoms with E-state index in [4.69, 9.17) is 0 Å². The number of amides is 2. The molecule has 5 heteroatoms. The molecule has 21 heavy (non-hydrogen) atoms. The van der Waals surface area contributed by atoms with Gasteiger partial charge in [-0.1, -0.05) is 13.8 Å². The summed E-state index contributed by atoms with van der Waals surface area (Å²) in [5.41, 5.74) is 0. The van der Waals surface area contributed by atoms with Crippen molar-refractivity contribution in [3.63, 3.8) is 0 Å². The van der Waals surface area contributed by atoms with E-state index in [1.807, 2.05) is 18.7 Å². The highest BCUT2D eigenvalue weighted by Gasteiger charge is 2.31. The molecule has 1 unspecified atom stereocenters. The lowest BCUT2D eigenvalue weighted by atomic mass is 9.91. The number of hydrogen-bond acceptors (Lipinski definition) is 3. The van der Waals surface area contributed by atoms with Gasteiger partial charge in [0.05, 0.1) is 12.0 Å². The fourth-order valence-electron chi connectivity index (χ4n) is 3.30. The molecule has 0 aromatic carbocycles. The van der Waals surface area contributed by atoms with Gasteiger partial charge in [0.15, 0.2) is 0 Å². The van der Waals surface area contributed by atoms with Crippen LogP contribution in [0.4, 0.5) is 0 Å². The number of nitrogens with zero attached hydrogens (tertiary/aromatic N) is 1. The Balaban J connectivity index is 1.83. The van der Waals surface area contributed by atoms with Crippen molar-refractivity contribution in [3.8, 4) is 0 Å². The molecule has 1 heterocycles. The summed E-state index contributed by atoms with van der Waals surface area (Å²) in [6, 6.07) is 0.192. The fourth-order valence-corrected chi connectivity index (χ4v) is 3.30. The lowest BCUT2D eigenvalue weighted by molar-refractivity contribution is -0.138. The van der Waals surface area contributed by atoms with Crippen LogP contribution in [-0.4, -0.2) is 47.1 Å². The van der Waals surface area contributed by atoms with Gasteiger partial charge < -0.3 is 15.3 Å². The van der Waals surface area contributed by atoms with Crippen LogP contribution in [-0.2, 0) is 9.59 Å². The summed E-state index contributed by atoms with van der Waals surface area (Å²) in [7, 11) is 0. The Labute approximate surface area is 127 Å². The molecule has 0 aromatic rings. The van der Waals surface area contributed by atoms with Crippen molar-refractivity contribution in [2.24, 2.45) is 11.8 Å². The molecule has 1 aliphatic heterocycles. The van der Waals surface area contributed by atoms with Gasteiger partial charge in [0.1, 0.15) is 0 Å². The third kappa shape index (κ3) is 4.43. The average molecular weight is 296 g/mol. The molecule has 1 saturated carbocycles. The van der Waals surface area contributed by atoms with Crippen LogP contribution in [0.5, 0.6) is 0 Å². The van der Waals surface area contributed by atoms with E-state index in [0.717, 1.165) is 45.1 Å². The van der Waals surface area contributed by atoms with Crippen LogP contribution in [0.1, 0.15) is 52.4 Å². The number of carbonyl (C=O) groups is 2. The van der Waals surface area contributed by atoms with Gasteiger partial charge >= 0.3 is 0 Å². The number of rotatable bonds is 3. The molecule has 2 N–H and O–H groups in total. The molecule has 120 valence electrons. The zero-order valence-corrected chi connectivity index (χ0v) is 13.2. The van der Waals surface area contributed by atoms with Crippen LogP contribution in [0.3, 0.4) is 0 Å². The minimum atomic E-state index is -0.202. The van der Waals surface area contributed by atoms with Crippen LogP contribution in [0.2, 0.25) is 0 Å². The smallest absolute Gasteiger partial charge is 0.225 e. The van der Waals surface area contributed by atoms with Crippen LogP contribution in [0.25, 0.3) is 0 Å². The van der Waals surface area contributed by atoms with E-state index < -0.39 is 0 Å². The first-order chi connectivity index (χ1) is 9.97. The predicted octanol–water partition coefficient (Wildman–Crippen LogP) is 1.30. The molecule has 0 bridgehead atoms. The number of hydrogen-bond donors (Lipinski definition) is 2. The van der Waals surface area contributed by atoms with E-state index in [1.54, 1.807) is 0 Å². The zero-order chi connectivity index (χ0) is 15.4. The van der Waals surface area contributed by atoms with Crippen LogP contribution < -0.4 is 5.32 Å². The van der Waals surface area contributed by atoms with Gasteiger partial charge in [0.2, 0.25) is 11.8 Å². The van der Waals surface area contributed by atoms with Gasteiger partial charge in [-0.25, -0.2) is 0 Å². The number of likely N-dealkylation sites (tertiary alicyclic amines) is 1. The number of carbonyl (C=O) groups excluding carboxylic acids is 2. The van der Waals surface area contributed by atoms with Gasteiger partial charge in [0.25, 0.3) is 0 Å². The molecule has 5 nitrogen and oxygen atoms in total. The second-order valence-electron chi connectivity index (χ2n) is 6.79. The van der Waals surface area contributed by atoms with Crippen molar-refractivity contribution >= 4 is 11.8 Å². The molecular weight excluding hydrogens is 268 g/mol. The monoisotopic (exact) mass is 296 g/mol. The van der Waals surface area contributed by atoms with E-state index in [-0.39, 0.29) is 35.8 Å². The maximum Gasteiger partial charge on any atom is 0.225 e. The van der Waals surface area contributed by atoms with Gasteiger partial charge in [-0.05, 0) is 38.5 Å². The zero-order valence-electron chi connectivity index (χ0n) is 13.2. The first kappa shape index (κ1) is 16.3. The number of aliphatic hydroxyl groups is 1. The Bertz CT molecular complexity index is 376. The second-order valence-corrected chi connectivity index (χ2v) is 6.79. The molecule has 0 radical (unpaired) electrons. The summed E-state index contributed by atoms with van der Waals surface area (Å²) < 4.78 is 0. The molecule has 0 aromatic heterocycles. The maximum absolute atomic E-state index is 12.4. The molecule has 2 rings (SSSR count). The van der Waals surface area contributed by atoms with Crippen molar-refractivity contribution in [1.82, 2.24) is 10.2 Å². The Morgan fingerprint density at radius 1 is 1.14 bits per heavy atom. The van der Waals surface area contributed by atoms with E-state index >= 15 is 0 Å². The van der Waals surface area contributed by atoms with E-state index in [2.05, 4.69) is 5.32 Å². The van der Waals surface area contributed by atoms with E-state index in [1.165, 1.54) is 0 Å². The van der Waals surface area contributed by atoms with Crippen molar-refractivity contribution in [3.05, 3.63) is 0 Å². The first-order valence-electron chi connectivity index (χ1n) is 8.24. The minimum absolute atomic E-state index is 0.00774. The van der Waals surface area contributed by atoms with Crippen molar-refractivity contribution < 1.29 is 14.7 Å². The molecule has 1 aliphatic carbocycles. The van der Waals surface area contributed by atoms with E-state index in [9.17, 15) is 14.7 Å². The van der Waals surface area contributed by atoms with Gasteiger partial charge in [-0.3, -0.25) is 9.59 Å². The highest BCUT2D eigenvalue weighted by atomic mass is 16.3. The third-order valence-electron chi connectivity index (χ3n) is 4.64. The summed E-state index contributed by atoms with van der Waals surface area (Å²) >= 11 is 0. The molecule has 1 saturated heterocycles. The Morgan fingerprint density at radius 2 is 1.81 bits per heavy atom. The van der Waals surface area contributed by atoms with Gasteiger partial charge in [0, 0.05) is 25.0 Å². The van der Waals surface area contributed by atoms with Crippen molar-refractivity contribution in [2.75, 3.05) is 13.1 Å². The number of nitrogens with one attached hydrogen (secondary N) is 1. The lowest BCUT2D eigenvalue weighted by Gasteiger charge is -2.34. The topological polar surface area (TPSA) is 69.6 Å². The molecule has 0 spiro atoms. The summed E-state index contributed by atoms with van der Waals surface area (Å²) in [5.74, 6) is 0.144. The Hall–Kier alpha value is -1.10. The molecule has 2 aliphatic rings. The predicted molar refractivity (Wildman–Crippen MR) is 80.5 cm³/mol. The van der Waals surface area contributed by atoms with Crippen molar-refractivity contribution in [2.45, 2.75) is 64.5 Å². The fraction of sp³-hybridized carbons (Fsp3) is 0.875. The Morgan fingerprint density at radius 3 is 2.43 bits per heavy atom. The largest absolute Gasteiger partial charge is 0.393 e. The molecular formula is C16H28N2O3. The third-order valence-corrected chi connectivity index (χ3v) is 4.64. The van der Waals surface area contributed by atoms with Gasteiger partial charge in [-0.15, -0.1) is 0 Å². The first-order valence-corrected chi connectivity index (χ1v) is 8.24. The lowest BCUT2D eigenvalue weighted by Crippen LogP contribution is -2.49. The average Bonchev–Trinajstić information content (AvgIpc) is 2.48. The molecule has 2 fully saturated rings. The van der Waals surface area contributed by atoms with Crippen LogP contribution in [0, 0.1) is 11.8 Å². The minimum Gasteiger partial charge on any atom is -0.393 e. The Kier molecular flexibility index (Phi) is 5.62. The van der Waals surface area contributed by atoms with Crippen molar-refractivity contribution in [1.29, 1.82) is 0 Å². The maximum atomic E-state index is 12.4. The summed E-state index contributed by atoms with van der Waals surface area (Å²) in [4.78, 5) is 26.3. The number of piperidine rings is 1. The number of aliphatic hydroxyl groups excluding tert-OH is 1. The highest BCUT2D eigenvalue weighted by molar-refractivity contribution is 5.82. The van der Waals surface area contributed by atoms with Gasteiger partial charge in [-0.2, -0.15) is 0 Å². The quantitative estimate of drug-likeness (QED) is 0.825. The summed E-state index contributed by atoms with van der Waals surface area (Å²) in [6.45, 7) is 5.13. The van der Waals surface area contributed by atoms with Crippen LogP contribution >= 0.6 is 0 Å². The molecule has 1 atom stereocenters.